The van der Waals surface area contributed by atoms with E-state index >= 15 is 0 Å². The minimum atomic E-state index is -0.683. The summed E-state index contributed by atoms with van der Waals surface area (Å²) < 4.78 is 5.44. The van der Waals surface area contributed by atoms with E-state index in [9.17, 15) is 19.8 Å². The predicted octanol–water partition coefficient (Wildman–Crippen LogP) is 16.7. The third kappa shape index (κ3) is 47.8. The normalized spacial score (nSPS) is 12.8. The Balaban J connectivity index is 3.51. The number of carbonyl (C=O) groups excluding carboxylic acids is 2. The Morgan fingerprint density at radius 2 is 0.758 bits per heavy atom. The molecule has 0 aliphatic heterocycles. The molecule has 2 atom stereocenters. The summed E-state index contributed by atoms with van der Waals surface area (Å²) in [5.41, 5.74) is 0. The first-order valence-electron chi connectivity index (χ1n) is 27.6. The molecule has 0 rings (SSSR count). The summed E-state index contributed by atoms with van der Waals surface area (Å²) in [6, 6.07) is -0.563. The van der Waals surface area contributed by atoms with Gasteiger partial charge in [0.25, 0.3) is 0 Å². The zero-order chi connectivity index (χ0) is 45.1. The number of allylic oxidation sites excluding steroid dienone is 4. The van der Waals surface area contributed by atoms with E-state index in [4.69, 9.17) is 4.74 Å². The molecule has 6 heteroatoms. The predicted molar refractivity (Wildman–Crippen MR) is 269 cm³/mol. The van der Waals surface area contributed by atoms with E-state index in [-0.39, 0.29) is 18.5 Å². The van der Waals surface area contributed by atoms with Crippen molar-refractivity contribution in [2.75, 3.05) is 13.2 Å². The standard InChI is InChI=1S/C56H107NO5/c1-3-5-7-9-11-13-15-17-19-20-21-22-24-25-28-32-36-40-44-48-54(59)53(52-58)57-55(60)49-45-41-37-33-29-27-31-35-39-43-47-51-62-56(61)50-46-42-38-34-30-26-23-18-16-14-12-10-8-6-4-2/h18,23,31,35,53-54,58-59H,3-17,19-22,24-30,32-34,36-52H2,1-2H3,(H,57,60)/b23-18-,35-31-. The number of hydrogen-bond acceptors (Lipinski definition) is 5. The molecule has 1 amide bonds. The maximum Gasteiger partial charge on any atom is 0.305 e. The number of nitrogens with one attached hydrogen (secondary N) is 1. The second-order valence-corrected chi connectivity index (χ2v) is 18.9. The topological polar surface area (TPSA) is 95.9 Å². The molecule has 0 radical (unpaired) electrons. The Morgan fingerprint density at radius 3 is 1.15 bits per heavy atom. The Kier molecular flexibility index (Phi) is 50.6. The number of unbranched alkanes of at least 4 members (excludes halogenated alkanes) is 36. The van der Waals surface area contributed by atoms with Gasteiger partial charge in [0.15, 0.2) is 0 Å². The first-order valence-corrected chi connectivity index (χ1v) is 27.6. The summed E-state index contributed by atoms with van der Waals surface area (Å²) in [6.07, 6.45) is 61.6. The van der Waals surface area contributed by atoms with Crippen LogP contribution in [-0.2, 0) is 14.3 Å². The first kappa shape index (κ1) is 60.3. The van der Waals surface area contributed by atoms with Gasteiger partial charge in [-0.3, -0.25) is 9.59 Å². The zero-order valence-corrected chi connectivity index (χ0v) is 41.6. The summed E-state index contributed by atoms with van der Waals surface area (Å²) in [5.74, 6) is -0.101. The highest BCUT2D eigenvalue weighted by Gasteiger charge is 2.20. The molecule has 0 aromatic carbocycles. The molecular formula is C56H107NO5. The van der Waals surface area contributed by atoms with Crippen molar-refractivity contribution in [2.45, 2.75) is 309 Å². The summed E-state index contributed by atoms with van der Waals surface area (Å²) in [6.45, 7) is 4.88. The van der Waals surface area contributed by atoms with Crippen LogP contribution < -0.4 is 5.32 Å². The van der Waals surface area contributed by atoms with Gasteiger partial charge in [0.2, 0.25) is 5.91 Å². The fourth-order valence-corrected chi connectivity index (χ4v) is 8.45. The second-order valence-electron chi connectivity index (χ2n) is 18.9. The largest absolute Gasteiger partial charge is 0.466 e. The number of aliphatic hydroxyl groups excluding tert-OH is 2. The molecule has 0 fully saturated rings. The number of amides is 1. The van der Waals surface area contributed by atoms with Crippen LogP contribution in [0.25, 0.3) is 0 Å². The average Bonchev–Trinajstić information content (AvgIpc) is 3.27. The van der Waals surface area contributed by atoms with Gasteiger partial charge in [0.1, 0.15) is 0 Å². The number of ether oxygens (including phenoxy) is 1. The minimum absolute atomic E-state index is 0.0387. The second kappa shape index (κ2) is 52.0. The van der Waals surface area contributed by atoms with Crippen molar-refractivity contribution in [3.05, 3.63) is 24.3 Å². The van der Waals surface area contributed by atoms with Crippen LogP contribution in [-0.4, -0.2) is 47.4 Å². The smallest absolute Gasteiger partial charge is 0.305 e. The van der Waals surface area contributed by atoms with Crippen LogP contribution in [0.1, 0.15) is 296 Å². The van der Waals surface area contributed by atoms with Crippen molar-refractivity contribution in [3.8, 4) is 0 Å². The van der Waals surface area contributed by atoms with E-state index in [1.165, 1.54) is 180 Å². The molecule has 0 bridgehead atoms. The lowest BCUT2D eigenvalue weighted by atomic mass is 10.0. The molecule has 0 saturated carbocycles. The molecule has 0 aromatic heterocycles. The number of hydrogen-bond donors (Lipinski definition) is 3. The van der Waals surface area contributed by atoms with Crippen molar-refractivity contribution in [2.24, 2.45) is 0 Å². The third-order valence-electron chi connectivity index (χ3n) is 12.7. The van der Waals surface area contributed by atoms with Gasteiger partial charge < -0.3 is 20.3 Å². The fraction of sp³-hybridized carbons (Fsp3) is 0.893. The lowest BCUT2D eigenvalue weighted by Crippen LogP contribution is -2.45. The van der Waals surface area contributed by atoms with Gasteiger partial charge in [-0.1, -0.05) is 231 Å². The molecule has 0 aliphatic rings. The Bertz CT molecular complexity index is 966. The van der Waals surface area contributed by atoms with E-state index in [1.807, 2.05) is 0 Å². The SMILES string of the molecule is CCCCCCCC/C=C\CCCCCCCC(=O)OCCCC/C=C\CCCCCCCC(=O)NC(CO)C(O)CCCCCCCCCCCCCCCCCCCCC. The van der Waals surface area contributed by atoms with Gasteiger partial charge in [0.05, 0.1) is 25.4 Å². The Labute approximate surface area is 386 Å². The van der Waals surface area contributed by atoms with Crippen molar-refractivity contribution >= 4 is 11.9 Å². The third-order valence-corrected chi connectivity index (χ3v) is 12.7. The number of rotatable bonds is 51. The van der Waals surface area contributed by atoms with Gasteiger partial charge in [-0.2, -0.15) is 0 Å². The number of carbonyl (C=O) groups is 2. The van der Waals surface area contributed by atoms with Crippen LogP contribution in [0.5, 0.6) is 0 Å². The van der Waals surface area contributed by atoms with Crippen molar-refractivity contribution in [3.63, 3.8) is 0 Å². The summed E-state index contributed by atoms with van der Waals surface area (Å²) in [4.78, 5) is 24.5. The van der Waals surface area contributed by atoms with Gasteiger partial charge in [0, 0.05) is 12.8 Å². The van der Waals surface area contributed by atoms with E-state index in [2.05, 4.69) is 43.5 Å². The molecule has 3 N–H and O–H groups in total. The number of aliphatic hydroxyl groups is 2. The molecule has 0 heterocycles. The molecule has 2 unspecified atom stereocenters. The van der Waals surface area contributed by atoms with Crippen molar-refractivity contribution in [1.29, 1.82) is 0 Å². The molecular weight excluding hydrogens is 767 g/mol. The lowest BCUT2D eigenvalue weighted by molar-refractivity contribution is -0.143. The van der Waals surface area contributed by atoms with Crippen LogP contribution >= 0.6 is 0 Å². The highest BCUT2D eigenvalue weighted by Crippen LogP contribution is 2.17. The molecule has 6 nitrogen and oxygen atoms in total. The van der Waals surface area contributed by atoms with E-state index in [0.717, 1.165) is 83.5 Å². The summed E-state index contributed by atoms with van der Waals surface area (Å²) in [5, 5.41) is 23.3. The lowest BCUT2D eigenvalue weighted by Gasteiger charge is -2.22. The minimum Gasteiger partial charge on any atom is -0.466 e. The summed E-state index contributed by atoms with van der Waals surface area (Å²) >= 11 is 0. The maximum atomic E-state index is 12.5. The average molecular weight is 874 g/mol. The molecule has 0 aliphatic carbocycles. The molecule has 0 aromatic rings. The van der Waals surface area contributed by atoms with E-state index in [1.54, 1.807) is 0 Å². The molecule has 366 valence electrons. The van der Waals surface area contributed by atoms with Gasteiger partial charge in [-0.25, -0.2) is 0 Å². The monoisotopic (exact) mass is 874 g/mol. The van der Waals surface area contributed by atoms with E-state index < -0.39 is 12.1 Å². The zero-order valence-electron chi connectivity index (χ0n) is 41.6. The quantitative estimate of drug-likeness (QED) is 0.0321. The molecule has 0 saturated heterocycles. The van der Waals surface area contributed by atoms with Crippen molar-refractivity contribution in [1.82, 2.24) is 5.32 Å². The maximum absolute atomic E-state index is 12.5. The van der Waals surface area contributed by atoms with Crippen LogP contribution in [0.2, 0.25) is 0 Å². The highest BCUT2D eigenvalue weighted by molar-refractivity contribution is 5.76. The highest BCUT2D eigenvalue weighted by atomic mass is 16.5. The first-order chi connectivity index (χ1) is 30.5. The van der Waals surface area contributed by atoms with Crippen LogP contribution in [0.3, 0.4) is 0 Å². The van der Waals surface area contributed by atoms with Gasteiger partial charge in [-0.05, 0) is 77.0 Å². The van der Waals surface area contributed by atoms with Crippen LogP contribution in [0, 0.1) is 0 Å². The number of esters is 1. The Morgan fingerprint density at radius 1 is 0.435 bits per heavy atom. The molecule has 62 heavy (non-hydrogen) atoms. The van der Waals surface area contributed by atoms with Crippen molar-refractivity contribution < 1.29 is 24.5 Å². The summed E-state index contributed by atoms with van der Waals surface area (Å²) in [7, 11) is 0. The van der Waals surface area contributed by atoms with E-state index in [0.29, 0.717) is 25.9 Å². The van der Waals surface area contributed by atoms with Gasteiger partial charge >= 0.3 is 5.97 Å². The van der Waals surface area contributed by atoms with Crippen LogP contribution in [0.4, 0.5) is 0 Å². The van der Waals surface area contributed by atoms with Crippen LogP contribution in [0.15, 0.2) is 24.3 Å². The Hall–Kier alpha value is -1.66. The van der Waals surface area contributed by atoms with Gasteiger partial charge in [-0.15, -0.1) is 0 Å². The molecule has 0 spiro atoms. The fourth-order valence-electron chi connectivity index (χ4n) is 8.45.